The third-order valence-electron chi connectivity index (χ3n) is 2.74. The van der Waals surface area contributed by atoms with Gasteiger partial charge in [0, 0.05) is 11.6 Å². The first-order valence-electron chi connectivity index (χ1n) is 5.88. The molecule has 0 aliphatic rings. The number of carboxylic acids is 1. The fourth-order valence-corrected chi connectivity index (χ4v) is 1.73. The number of benzene rings is 2. The fourth-order valence-electron chi connectivity index (χ4n) is 1.73. The molecule has 0 radical (unpaired) electrons. The smallest absolute Gasteiger partial charge is 0.336 e. The molecule has 5 heteroatoms. The second-order valence-electron chi connectivity index (χ2n) is 4.07. The van der Waals surface area contributed by atoms with Crippen LogP contribution in [0.3, 0.4) is 0 Å². The average molecular weight is 276 g/mol. The van der Waals surface area contributed by atoms with Gasteiger partial charge in [-0.25, -0.2) is 9.18 Å². The standard InChI is InChI=1S/C15H13FO4/c1-19-12-3-2-4-13(8-12)20-9-10-5-6-11(16)7-14(10)15(17)18/h2-8H,9H2,1H3,(H,17,18). The minimum atomic E-state index is -1.19. The van der Waals surface area contributed by atoms with Gasteiger partial charge in [0.25, 0.3) is 0 Å². The molecule has 0 saturated carbocycles. The number of hydrogen-bond acceptors (Lipinski definition) is 3. The van der Waals surface area contributed by atoms with Gasteiger partial charge in [0.05, 0.1) is 12.7 Å². The van der Waals surface area contributed by atoms with Crippen LogP contribution in [0.1, 0.15) is 15.9 Å². The highest BCUT2D eigenvalue weighted by atomic mass is 19.1. The van der Waals surface area contributed by atoms with Crippen molar-refractivity contribution in [2.75, 3.05) is 7.11 Å². The first kappa shape index (κ1) is 13.9. The molecule has 0 spiro atoms. The molecule has 1 N–H and O–H groups in total. The summed E-state index contributed by atoms with van der Waals surface area (Å²) in [6.07, 6.45) is 0. The van der Waals surface area contributed by atoms with Crippen molar-refractivity contribution in [1.82, 2.24) is 0 Å². The fraction of sp³-hybridized carbons (Fsp3) is 0.133. The van der Waals surface area contributed by atoms with Crippen molar-refractivity contribution >= 4 is 5.97 Å². The summed E-state index contributed by atoms with van der Waals surface area (Å²) in [4.78, 5) is 11.0. The number of hydrogen-bond donors (Lipinski definition) is 1. The summed E-state index contributed by atoms with van der Waals surface area (Å²) in [5.74, 6) is -0.591. The van der Waals surface area contributed by atoms with Crippen LogP contribution in [-0.4, -0.2) is 18.2 Å². The maximum atomic E-state index is 13.0. The van der Waals surface area contributed by atoms with Gasteiger partial charge in [-0.3, -0.25) is 0 Å². The first-order chi connectivity index (χ1) is 9.60. The molecule has 2 aromatic rings. The SMILES string of the molecule is COc1cccc(OCc2ccc(F)cc2C(=O)O)c1. The number of aromatic carboxylic acids is 1. The molecular weight excluding hydrogens is 263 g/mol. The highest BCUT2D eigenvalue weighted by Crippen LogP contribution is 2.21. The van der Waals surface area contributed by atoms with Gasteiger partial charge in [-0.15, -0.1) is 0 Å². The summed E-state index contributed by atoms with van der Waals surface area (Å²) >= 11 is 0. The van der Waals surface area contributed by atoms with Crippen molar-refractivity contribution in [2.24, 2.45) is 0 Å². The normalized spacial score (nSPS) is 10.1. The number of halogens is 1. The van der Waals surface area contributed by atoms with E-state index in [1.165, 1.54) is 12.1 Å². The number of carboxylic acid groups (broad SMARTS) is 1. The van der Waals surface area contributed by atoms with Gasteiger partial charge in [0.1, 0.15) is 23.9 Å². The third-order valence-corrected chi connectivity index (χ3v) is 2.74. The summed E-state index contributed by atoms with van der Waals surface area (Å²) in [6.45, 7) is 0.0368. The number of ether oxygens (including phenoxy) is 2. The minimum Gasteiger partial charge on any atom is -0.497 e. The van der Waals surface area contributed by atoms with E-state index in [-0.39, 0.29) is 12.2 Å². The molecule has 0 aromatic heterocycles. The van der Waals surface area contributed by atoms with Gasteiger partial charge >= 0.3 is 5.97 Å². The van der Waals surface area contributed by atoms with Crippen molar-refractivity contribution in [2.45, 2.75) is 6.61 Å². The Labute approximate surface area is 115 Å². The van der Waals surface area contributed by atoms with Crippen molar-refractivity contribution in [3.63, 3.8) is 0 Å². The van der Waals surface area contributed by atoms with Crippen LogP contribution in [0.5, 0.6) is 11.5 Å². The van der Waals surface area contributed by atoms with E-state index in [2.05, 4.69) is 0 Å². The van der Waals surface area contributed by atoms with Crippen molar-refractivity contribution < 1.29 is 23.8 Å². The van der Waals surface area contributed by atoms with Crippen molar-refractivity contribution in [1.29, 1.82) is 0 Å². The van der Waals surface area contributed by atoms with E-state index in [0.717, 1.165) is 6.07 Å². The Balaban J connectivity index is 2.16. The summed E-state index contributed by atoms with van der Waals surface area (Å²) in [6, 6.07) is 10.5. The van der Waals surface area contributed by atoms with Gasteiger partial charge in [-0.2, -0.15) is 0 Å². The summed E-state index contributed by atoms with van der Waals surface area (Å²) in [7, 11) is 1.54. The van der Waals surface area contributed by atoms with Gasteiger partial charge in [0.15, 0.2) is 0 Å². The summed E-state index contributed by atoms with van der Waals surface area (Å²) < 4.78 is 23.6. The van der Waals surface area contributed by atoms with Crippen LogP contribution >= 0.6 is 0 Å². The third kappa shape index (κ3) is 3.26. The van der Waals surface area contributed by atoms with E-state index in [0.29, 0.717) is 17.1 Å². The van der Waals surface area contributed by atoms with Gasteiger partial charge in [-0.05, 0) is 24.3 Å². The second kappa shape index (κ2) is 6.06. The van der Waals surface area contributed by atoms with Crippen LogP contribution in [0.4, 0.5) is 4.39 Å². The van der Waals surface area contributed by atoms with E-state index in [9.17, 15) is 9.18 Å². The lowest BCUT2D eigenvalue weighted by Crippen LogP contribution is -2.06. The number of methoxy groups -OCH3 is 1. The highest BCUT2D eigenvalue weighted by Gasteiger charge is 2.11. The Morgan fingerprint density at radius 1 is 1.20 bits per heavy atom. The van der Waals surface area contributed by atoms with Gasteiger partial charge < -0.3 is 14.6 Å². The zero-order chi connectivity index (χ0) is 14.5. The van der Waals surface area contributed by atoms with Crippen LogP contribution in [-0.2, 0) is 6.61 Å². The molecule has 0 bridgehead atoms. The predicted molar refractivity (Wildman–Crippen MR) is 70.7 cm³/mol. The molecule has 2 aromatic carbocycles. The zero-order valence-corrected chi connectivity index (χ0v) is 10.8. The zero-order valence-electron chi connectivity index (χ0n) is 10.8. The van der Waals surface area contributed by atoms with E-state index < -0.39 is 11.8 Å². The Hall–Kier alpha value is -2.56. The van der Waals surface area contributed by atoms with E-state index in [1.54, 1.807) is 31.4 Å². The average Bonchev–Trinajstić information content (AvgIpc) is 2.46. The lowest BCUT2D eigenvalue weighted by molar-refractivity contribution is 0.0693. The molecule has 4 nitrogen and oxygen atoms in total. The highest BCUT2D eigenvalue weighted by molar-refractivity contribution is 5.89. The number of carbonyl (C=O) groups is 1. The van der Waals surface area contributed by atoms with Crippen molar-refractivity contribution in [3.05, 3.63) is 59.4 Å². The van der Waals surface area contributed by atoms with Crippen LogP contribution in [0.15, 0.2) is 42.5 Å². The topological polar surface area (TPSA) is 55.8 Å². The lowest BCUT2D eigenvalue weighted by atomic mass is 10.1. The molecule has 20 heavy (non-hydrogen) atoms. The van der Waals surface area contributed by atoms with Crippen molar-refractivity contribution in [3.8, 4) is 11.5 Å². The molecule has 0 amide bonds. The monoisotopic (exact) mass is 276 g/mol. The Kier molecular flexibility index (Phi) is 4.20. The minimum absolute atomic E-state index is 0.0368. The second-order valence-corrected chi connectivity index (χ2v) is 4.07. The Morgan fingerprint density at radius 2 is 1.95 bits per heavy atom. The Bertz CT molecular complexity index is 625. The van der Waals surface area contributed by atoms with Crippen LogP contribution < -0.4 is 9.47 Å². The Morgan fingerprint density at radius 3 is 2.65 bits per heavy atom. The van der Waals surface area contributed by atoms with E-state index in [4.69, 9.17) is 14.6 Å². The van der Waals surface area contributed by atoms with Gasteiger partial charge in [-0.1, -0.05) is 12.1 Å². The van der Waals surface area contributed by atoms with Crippen LogP contribution in [0, 0.1) is 5.82 Å². The molecular formula is C15H13FO4. The molecule has 0 aliphatic carbocycles. The van der Waals surface area contributed by atoms with Crippen LogP contribution in [0.25, 0.3) is 0 Å². The van der Waals surface area contributed by atoms with Crippen LogP contribution in [0.2, 0.25) is 0 Å². The largest absolute Gasteiger partial charge is 0.497 e. The van der Waals surface area contributed by atoms with E-state index >= 15 is 0 Å². The van der Waals surface area contributed by atoms with Gasteiger partial charge in [0.2, 0.25) is 0 Å². The molecule has 104 valence electrons. The molecule has 0 fully saturated rings. The molecule has 0 unspecified atom stereocenters. The first-order valence-corrected chi connectivity index (χ1v) is 5.88. The lowest BCUT2D eigenvalue weighted by Gasteiger charge is -2.10. The molecule has 0 aliphatic heterocycles. The van der Waals surface area contributed by atoms with E-state index in [1.807, 2.05) is 0 Å². The maximum Gasteiger partial charge on any atom is 0.336 e. The number of rotatable bonds is 5. The maximum absolute atomic E-state index is 13.0. The molecule has 0 atom stereocenters. The summed E-state index contributed by atoms with van der Waals surface area (Å²) in [5, 5.41) is 9.03. The molecule has 2 rings (SSSR count). The predicted octanol–water partition coefficient (Wildman–Crippen LogP) is 3.11. The summed E-state index contributed by atoms with van der Waals surface area (Å²) in [5.41, 5.74) is 0.301. The molecule has 0 heterocycles. The molecule has 0 saturated heterocycles. The quantitative estimate of drug-likeness (QED) is 0.911.